The lowest BCUT2D eigenvalue weighted by molar-refractivity contribution is 0.0875. The Kier molecular flexibility index (Phi) is 5.24. The van der Waals surface area contributed by atoms with Gasteiger partial charge in [-0.2, -0.15) is 4.37 Å². The number of aryl methyl sites for hydroxylation is 1. The average Bonchev–Trinajstić information content (AvgIpc) is 3.21. The number of aliphatic hydroxyl groups excluding tert-OH is 1. The van der Waals surface area contributed by atoms with Gasteiger partial charge in [0.1, 0.15) is 17.8 Å². The Morgan fingerprint density at radius 3 is 3.13 bits per heavy atom. The smallest absolute Gasteiger partial charge is 0.205 e. The second-order valence-corrected chi connectivity index (χ2v) is 6.66. The Labute approximate surface area is 140 Å². The fourth-order valence-corrected chi connectivity index (χ4v) is 3.73. The summed E-state index contributed by atoms with van der Waals surface area (Å²) in [5, 5.41) is 11.6. The van der Waals surface area contributed by atoms with Crippen LogP contribution >= 0.6 is 11.5 Å². The zero-order valence-electron chi connectivity index (χ0n) is 13.6. The summed E-state index contributed by atoms with van der Waals surface area (Å²) in [6.07, 6.45) is 5.83. The molecular formula is C15H23N5O2S. The number of piperidine rings is 1. The monoisotopic (exact) mass is 337 g/mol. The maximum atomic E-state index is 10.6. The van der Waals surface area contributed by atoms with Gasteiger partial charge in [-0.25, -0.2) is 9.97 Å². The summed E-state index contributed by atoms with van der Waals surface area (Å²) in [6, 6.07) is 0. The Morgan fingerprint density at radius 1 is 1.52 bits per heavy atom. The van der Waals surface area contributed by atoms with Crippen LogP contribution < -0.4 is 4.90 Å². The van der Waals surface area contributed by atoms with Crippen molar-refractivity contribution >= 4 is 16.7 Å². The van der Waals surface area contributed by atoms with Crippen molar-refractivity contribution in [3.05, 3.63) is 24.0 Å². The molecule has 23 heavy (non-hydrogen) atoms. The van der Waals surface area contributed by atoms with Crippen LogP contribution in [0.3, 0.4) is 0 Å². The summed E-state index contributed by atoms with van der Waals surface area (Å²) in [7, 11) is 3.60. The number of nitrogens with zero attached hydrogens (tertiary/aromatic N) is 5. The van der Waals surface area contributed by atoms with E-state index in [-0.39, 0.29) is 5.92 Å². The molecule has 1 N–H and O–H groups in total. The van der Waals surface area contributed by atoms with Crippen LogP contribution in [0.15, 0.2) is 12.4 Å². The van der Waals surface area contributed by atoms with Crippen LogP contribution in [0.25, 0.3) is 0 Å². The zero-order chi connectivity index (χ0) is 16.2. The first-order valence-electron chi connectivity index (χ1n) is 7.90. The predicted molar refractivity (Wildman–Crippen MR) is 88.6 cm³/mol. The van der Waals surface area contributed by atoms with Crippen LogP contribution in [0.1, 0.15) is 30.6 Å². The number of aliphatic hydroxyl groups is 1. The van der Waals surface area contributed by atoms with E-state index in [0.29, 0.717) is 6.61 Å². The normalized spacial score (nSPS) is 20.0. The van der Waals surface area contributed by atoms with Gasteiger partial charge in [-0.15, -0.1) is 0 Å². The highest BCUT2D eigenvalue weighted by atomic mass is 32.1. The van der Waals surface area contributed by atoms with Crippen LogP contribution in [-0.4, -0.2) is 50.8 Å². The van der Waals surface area contributed by atoms with Gasteiger partial charge in [0.2, 0.25) is 5.13 Å². The molecule has 1 saturated heterocycles. The zero-order valence-corrected chi connectivity index (χ0v) is 14.4. The summed E-state index contributed by atoms with van der Waals surface area (Å²) < 4.78 is 11.3. The highest BCUT2D eigenvalue weighted by Crippen LogP contribution is 2.31. The largest absolute Gasteiger partial charge is 0.385 e. The van der Waals surface area contributed by atoms with E-state index in [4.69, 9.17) is 4.74 Å². The number of rotatable bonds is 6. The standard InChI is InChI=1S/C15H23N5O2S/c1-19-8-6-16-14(19)13(21)11-4-3-7-20(10-11)15-17-12(18-23-15)5-9-22-2/h6,8,11,13,21H,3-5,7,9-10H2,1-2H3. The minimum absolute atomic E-state index is 0.163. The van der Waals surface area contributed by atoms with Crippen molar-refractivity contribution in [3.8, 4) is 0 Å². The van der Waals surface area contributed by atoms with Gasteiger partial charge in [0.25, 0.3) is 0 Å². The van der Waals surface area contributed by atoms with Gasteiger partial charge in [-0.05, 0) is 12.8 Å². The minimum Gasteiger partial charge on any atom is -0.385 e. The van der Waals surface area contributed by atoms with Gasteiger partial charge >= 0.3 is 0 Å². The molecule has 2 aromatic rings. The summed E-state index contributed by atoms with van der Waals surface area (Å²) in [4.78, 5) is 11.1. The van der Waals surface area contributed by atoms with Gasteiger partial charge in [-0.1, -0.05) is 0 Å². The Balaban J connectivity index is 1.66. The quantitative estimate of drug-likeness (QED) is 0.859. The van der Waals surface area contributed by atoms with E-state index in [9.17, 15) is 5.11 Å². The number of ether oxygens (including phenoxy) is 1. The molecule has 0 bridgehead atoms. The minimum atomic E-state index is -0.543. The average molecular weight is 337 g/mol. The van der Waals surface area contributed by atoms with E-state index < -0.39 is 6.10 Å². The fourth-order valence-electron chi connectivity index (χ4n) is 2.98. The molecule has 126 valence electrons. The molecule has 1 fully saturated rings. The van der Waals surface area contributed by atoms with Crippen LogP contribution in [-0.2, 0) is 18.2 Å². The third-order valence-electron chi connectivity index (χ3n) is 4.29. The van der Waals surface area contributed by atoms with Crippen molar-refractivity contribution < 1.29 is 9.84 Å². The fraction of sp³-hybridized carbons (Fsp3) is 0.667. The molecule has 0 radical (unpaired) electrons. The Hall–Kier alpha value is -1.51. The van der Waals surface area contributed by atoms with E-state index in [1.807, 2.05) is 17.8 Å². The summed E-state index contributed by atoms with van der Waals surface area (Å²) in [5.41, 5.74) is 0. The first kappa shape index (κ1) is 16.4. The van der Waals surface area contributed by atoms with Gasteiger partial charge < -0.3 is 19.3 Å². The van der Waals surface area contributed by atoms with Crippen molar-refractivity contribution in [1.82, 2.24) is 18.9 Å². The van der Waals surface area contributed by atoms with Crippen LogP contribution in [0, 0.1) is 5.92 Å². The Morgan fingerprint density at radius 2 is 2.39 bits per heavy atom. The van der Waals surface area contributed by atoms with E-state index in [2.05, 4.69) is 19.2 Å². The van der Waals surface area contributed by atoms with Crippen molar-refractivity contribution in [1.29, 1.82) is 0 Å². The molecule has 2 aromatic heterocycles. The number of imidazole rings is 1. The molecular weight excluding hydrogens is 314 g/mol. The lowest BCUT2D eigenvalue weighted by Gasteiger charge is -2.34. The molecule has 0 spiro atoms. The molecule has 7 nitrogen and oxygen atoms in total. The SMILES string of the molecule is COCCc1nsc(N2CCCC(C(O)c3nccn3C)C2)n1. The molecule has 2 unspecified atom stereocenters. The highest BCUT2D eigenvalue weighted by Gasteiger charge is 2.30. The van der Waals surface area contributed by atoms with E-state index >= 15 is 0 Å². The summed E-state index contributed by atoms with van der Waals surface area (Å²) in [5.74, 6) is 1.73. The van der Waals surface area contributed by atoms with E-state index in [0.717, 1.165) is 49.1 Å². The number of methoxy groups -OCH3 is 1. The van der Waals surface area contributed by atoms with Gasteiger partial charge in [-0.3, -0.25) is 0 Å². The lowest BCUT2D eigenvalue weighted by Crippen LogP contribution is -2.38. The molecule has 8 heteroatoms. The van der Waals surface area contributed by atoms with Crippen molar-refractivity contribution in [2.75, 3.05) is 31.7 Å². The molecule has 1 aliphatic heterocycles. The number of hydrogen-bond acceptors (Lipinski definition) is 7. The second kappa shape index (κ2) is 7.37. The molecule has 0 aliphatic carbocycles. The lowest BCUT2D eigenvalue weighted by atomic mass is 9.92. The van der Waals surface area contributed by atoms with Gasteiger partial charge in [0, 0.05) is 63.5 Å². The third-order valence-corrected chi connectivity index (χ3v) is 5.10. The summed E-state index contributed by atoms with van der Waals surface area (Å²) in [6.45, 7) is 2.38. The van der Waals surface area contributed by atoms with Crippen LogP contribution in [0.5, 0.6) is 0 Å². The first-order chi connectivity index (χ1) is 11.2. The third kappa shape index (κ3) is 3.70. The highest BCUT2D eigenvalue weighted by molar-refractivity contribution is 7.09. The van der Waals surface area contributed by atoms with Crippen molar-refractivity contribution in [2.45, 2.75) is 25.4 Å². The maximum absolute atomic E-state index is 10.6. The van der Waals surface area contributed by atoms with Gasteiger partial charge in [0.15, 0.2) is 0 Å². The van der Waals surface area contributed by atoms with Crippen LogP contribution in [0.2, 0.25) is 0 Å². The summed E-state index contributed by atoms with van der Waals surface area (Å²) >= 11 is 1.43. The second-order valence-electron chi connectivity index (χ2n) is 5.93. The Bertz CT molecular complexity index is 629. The van der Waals surface area contributed by atoms with Gasteiger partial charge in [0.05, 0.1) is 6.61 Å². The molecule has 0 amide bonds. The molecule has 3 rings (SSSR count). The molecule has 1 aliphatic rings. The number of anilines is 1. The van der Waals surface area contributed by atoms with Crippen molar-refractivity contribution in [2.24, 2.45) is 13.0 Å². The molecule has 0 aromatic carbocycles. The predicted octanol–water partition coefficient (Wildman–Crippen LogP) is 1.41. The molecule has 0 saturated carbocycles. The maximum Gasteiger partial charge on any atom is 0.205 e. The van der Waals surface area contributed by atoms with Crippen LogP contribution in [0.4, 0.5) is 5.13 Å². The van der Waals surface area contributed by atoms with Crippen molar-refractivity contribution in [3.63, 3.8) is 0 Å². The first-order valence-corrected chi connectivity index (χ1v) is 8.68. The molecule has 3 heterocycles. The van der Waals surface area contributed by atoms with E-state index in [1.165, 1.54) is 11.5 Å². The molecule has 2 atom stereocenters. The number of hydrogen-bond donors (Lipinski definition) is 1. The number of aromatic nitrogens is 4. The van der Waals surface area contributed by atoms with E-state index in [1.54, 1.807) is 13.3 Å². The topological polar surface area (TPSA) is 76.3 Å².